The highest BCUT2D eigenvalue weighted by molar-refractivity contribution is 5.79. The zero-order valence-electron chi connectivity index (χ0n) is 12.4. The highest BCUT2D eigenvalue weighted by Crippen LogP contribution is 2.39. The third kappa shape index (κ3) is 3.04. The summed E-state index contributed by atoms with van der Waals surface area (Å²) in [5, 5.41) is 13.2. The molecule has 3 heteroatoms. The Bertz CT molecular complexity index is 444. The fourth-order valence-electron chi connectivity index (χ4n) is 3.52. The van der Waals surface area contributed by atoms with Crippen molar-refractivity contribution in [2.24, 2.45) is 11.8 Å². The van der Waals surface area contributed by atoms with Crippen molar-refractivity contribution < 1.29 is 9.90 Å². The number of rotatable bonds is 5. The van der Waals surface area contributed by atoms with Crippen LogP contribution in [0.3, 0.4) is 0 Å². The summed E-state index contributed by atoms with van der Waals surface area (Å²) >= 11 is 0. The van der Waals surface area contributed by atoms with E-state index in [0.717, 1.165) is 31.2 Å². The Morgan fingerprint density at radius 3 is 2.65 bits per heavy atom. The van der Waals surface area contributed by atoms with Crippen molar-refractivity contribution in [2.45, 2.75) is 51.6 Å². The number of carboxylic acid groups (broad SMARTS) is 1. The first-order valence-corrected chi connectivity index (χ1v) is 7.58. The van der Waals surface area contributed by atoms with Crippen molar-refractivity contribution >= 4 is 5.97 Å². The maximum Gasteiger partial charge on any atom is 0.324 e. The van der Waals surface area contributed by atoms with Gasteiger partial charge in [-0.25, -0.2) is 0 Å². The minimum absolute atomic E-state index is 0.206. The van der Waals surface area contributed by atoms with E-state index in [-0.39, 0.29) is 5.92 Å². The van der Waals surface area contributed by atoms with Crippen LogP contribution in [0.1, 0.15) is 45.1 Å². The van der Waals surface area contributed by atoms with Gasteiger partial charge in [0.25, 0.3) is 0 Å². The van der Waals surface area contributed by atoms with Gasteiger partial charge >= 0.3 is 5.97 Å². The van der Waals surface area contributed by atoms with Crippen LogP contribution in [0.25, 0.3) is 0 Å². The summed E-state index contributed by atoms with van der Waals surface area (Å²) in [4.78, 5) is 11.9. The lowest BCUT2D eigenvalue weighted by atomic mass is 9.67. The van der Waals surface area contributed by atoms with E-state index < -0.39 is 11.5 Å². The molecular weight excluding hydrogens is 250 g/mol. The predicted molar refractivity (Wildman–Crippen MR) is 80.4 cm³/mol. The third-order valence-corrected chi connectivity index (χ3v) is 4.61. The summed E-state index contributed by atoms with van der Waals surface area (Å²) in [6, 6.07) is 10.0. The Balaban J connectivity index is 2.17. The van der Waals surface area contributed by atoms with E-state index in [1.807, 2.05) is 30.3 Å². The van der Waals surface area contributed by atoms with Gasteiger partial charge in [-0.3, -0.25) is 10.1 Å². The zero-order chi connectivity index (χ0) is 14.6. The molecule has 0 saturated heterocycles. The largest absolute Gasteiger partial charge is 0.480 e. The maximum atomic E-state index is 11.9. The van der Waals surface area contributed by atoms with Crippen molar-refractivity contribution in [2.75, 3.05) is 0 Å². The van der Waals surface area contributed by atoms with Gasteiger partial charge in [0.1, 0.15) is 5.54 Å². The van der Waals surface area contributed by atoms with Crippen molar-refractivity contribution in [1.82, 2.24) is 5.32 Å². The molecule has 1 aromatic rings. The Hall–Kier alpha value is -1.35. The summed E-state index contributed by atoms with van der Waals surface area (Å²) in [5.74, 6) is -0.0982. The average molecular weight is 275 g/mol. The van der Waals surface area contributed by atoms with Crippen molar-refractivity contribution in [1.29, 1.82) is 0 Å². The van der Waals surface area contributed by atoms with Crippen LogP contribution < -0.4 is 5.32 Å². The van der Waals surface area contributed by atoms with Gasteiger partial charge in [0.05, 0.1) is 0 Å². The summed E-state index contributed by atoms with van der Waals surface area (Å²) in [6.07, 6.45) is 3.88. The Labute approximate surface area is 121 Å². The van der Waals surface area contributed by atoms with Crippen LogP contribution in [0.5, 0.6) is 0 Å². The van der Waals surface area contributed by atoms with Crippen molar-refractivity contribution in [3.8, 4) is 0 Å². The van der Waals surface area contributed by atoms with Gasteiger partial charge < -0.3 is 5.11 Å². The van der Waals surface area contributed by atoms with Gasteiger partial charge in [-0.05, 0) is 30.2 Å². The molecule has 2 unspecified atom stereocenters. The molecule has 1 saturated carbocycles. The molecule has 2 rings (SSSR count). The van der Waals surface area contributed by atoms with E-state index in [4.69, 9.17) is 0 Å². The summed E-state index contributed by atoms with van der Waals surface area (Å²) in [7, 11) is 0. The number of hydrogen-bond acceptors (Lipinski definition) is 2. The smallest absolute Gasteiger partial charge is 0.324 e. The Kier molecular flexibility index (Phi) is 4.81. The third-order valence-electron chi connectivity index (χ3n) is 4.61. The lowest BCUT2D eigenvalue weighted by molar-refractivity contribution is -0.150. The van der Waals surface area contributed by atoms with E-state index in [2.05, 4.69) is 19.2 Å². The second-order valence-electron chi connectivity index (χ2n) is 6.21. The van der Waals surface area contributed by atoms with E-state index in [1.54, 1.807) is 0 Å². The van der Waals surface area contributed by atoms with Crippen LogP contribution in [-0.4, -0.2) is 16.6 Å². The van der Waals surface area contributed by atoms with Crippen molar-refractivity contribution in [3.05, 3.63) is 35.9 Å². The SMILES string of the molecule is CC(C)C1CCCCC1(NCc1ccccc1)C(=O)O. The highest BCUT2D eigenvalue weighted by Gasteiger charge is 2.47. The van der Waals surface area contributed by atoms with Gasteiger partial charge in [0, 0.05) is 6.54 Å². The number of benzene rings is 1. The van der Waals surface area contributed by atoms with Crippen LogP contribution in [0.4, 0.5) is 0 Å². The lowest BCUT2D eigenvalue weighted by Gasteiger charge is -2.43. The van der Waals surface area contributed by atoms with E-state index >= 15 is 0 Å². The first-order chi connectivity index (χ1) is 9.56. The minimum atomic E-state index is -0.762. The van der Waals surface area contributed by atoms with Crippen LogP contribution in [0.15, 0.2) is 30.3 Å². The molecule has 0 aliphatic heterocycles. The predicted octanol–water partition coefficient (Wildman–Crippen LogP) is 3.45. The Morgan fingerprint density at radius 1 is 1.35 bits per heavy atom. The van der Waals surface area contributed by atoms with E-state index in [9.17, 15) is 9.90 Å². The molecule has 0 amide bonds. The number of carboxylic acids is 1. The molecular formula is C17H25NO2. The molecule has 1 fully saturated rings. The fourth-order valence-corrected chi connectivity index (χ4v) is 3.52. The lowest BCUT2D eigenvalue weighted by Crippen LogP contribution is -2.59. The monoisotopic (exact) mass is 275 g/mol. The average Bonchev–Trinajstić information content (AvgIpc) is 2.46. The molecule has 0 heterocycles. The molecule has 0 spiro atoms. The van der Waals surface area contributed by atoms with Gasteiger partial charge in [0.15, 0.2) is 0 Å². The summed E-state index contributed by atoms with van der Waals surface area (Å²) in [5.41, 5.74) is 0.378. The molecule has 0 aromatic heterocycles. The van der Waals surface area contributed by atoms with Gasteiger partial charge in [0.2, 0.25) is 0 Å². The highest BCUT2D eigenvalue weighted by atomic mass is 16.4. The normalized spacial score (nSPS) is 26.6. The molecule has 2 atom stereocenters. The summed E-state index contributed by atoms with van der Waals surface area (Å²) < 4.78 is 0. The number of nitrogens with one attached hydrogen (secondary N) is 1. The molecule has 20 heavy (non-hydrogen) atoms. The molecule has 1 aliphatic carbocycles. The molecule has 1 aliphatic rings. The zero-order valence-corrected chi connectivity index (χ0v) is 12.4. The molecule has 2 N–H and O–H groups in total. The van der Waals surface area contributed by atoms with Gasteiger partial charge in [-0.1, -0.05) is 57.0 Å². The minimum Gasteiger partial charge on any atom is -0.480 e. The quantitative estimate of drug-likeness (QED) is 0.865. The van der Waals surface area contributed by atoms with Crippen molar-refractivity contribution in [3.63, 3.8) is 0 Å². The number of hydrogen-bond donors (Lipinski definition) is 2. The molecule has 110 valence electrons. The molecule has 0 radical (unpaired) electrons. The van der Waals surface area contributed by atoms with E-state index in [0.29, 0.717) is 12.5 Å². The molecule has 3 nitrogen and oxygen atoms in total. The topological polar surface area (TPSA) is 49.3 Å². The van der Waals surface area contributed by atoms with Gasteiger partial charge in [-0.2, -0.15) is 0 Å². The number of carbonyl (C=O) groups is 1. The van der Waals surface area contributed by atoms with E-state index in [1.165, 1.54) is 0 Å². The first-order valence-electron chi connectivity index (χ1n) is 7.58. The number of aliphatic carboxylic acids is 1. The molecule has 1 aromatic carbocycles. The second kappa shape index (κ2) is 6.40. The Morgan fingerprint density at radius 2 is 2.05 bits per heavy atom. The summed E-state index contributed by atoms with van der Waals surface area (Å²) in [6.45, 7) is 4.89. The van der Waals surface area contributed by atoms with Crippen LogP contribution in [0, 0.1) is 11.8 Å². The fraction of sp³-hybridized carbons (Fsp3) is 0.588. The van der Waals surface area contributed by atoms with Crippen LogP contribution >= 0.6 is 0 Å². The van der Waals surface area contributed by atoms with Crippen LogP contribution in [0.2, 0.25) is 0 Å². The first kappa shape index (κ1) is 15.0. The molecule has 0 bridgehead atoms. The maximum absolute atomic E-state index is 11.9. The van der Waals surface area contributed by atoms with Gasteiger partial charge in [-0.15, -0.1) is 0 Å². The standard InChI is InChI=1S/C17H25NO2/c1-13(2)15-10-6-7-11-17(15,16(19)20)18-12-14-8-4-3-5-9-14/h3-5,8-9,13,15,18H,6-7,10-12H2,1-2H3,(H,19,20). The second-order valence-corrected chi connectivity index (χ2v) is 6.21. The van der Waals surface area contributed by atoms with Crippen LogP contribution in [-0.2, 0) is 11.3 Å².